The molecule has 0 saturated carbocycles. The number of halogens is 3. The molecule has 2 heterocycles. The first kappa shape index (κ1) is 21.0. The van der Waals surface area contributed by atoms with E-state index in [0.29, 0.717) is 27.8 Å². The molecular formula is C22H17F3N2O3S. The number of rotatable bonds is 5. The van der Waals surface area contributed by atoms with Crippen LogP contribution < -0.4 is 5.32 Å². The van der Waals surface area contributed by atoms with E-state index in [2.05, 4.69) is 10.3 Å². The van der Waals surface area contributed by atoms with Crippen molar-refractivity contribution in [3.05, 3.63) is 88.2 Å². The van der Waals surface area contributed by atoms with Gasteiger partial charge in [0.15, 0.2) is 10.9 Å². The average molecular weight is 446 g/mol. The maximum absolute atomic E-state index is 12.7. The van der Waals surface area contributed by atoms with Gasteiger partial charge in [0.1, 0.15) is 12.3 Å². The molecule has 31 heavy (non-hydrogen) atoms. The number of carbonyl (C=O) groups is 1. The molecule has 0 bridgehead atoms. The molecule has 2 aliphatic heterocycles. The van der Waals surface area contributed by atoms with E-state index >= 15 is 0 Å². The van der Waals surface area contributed by atoms with Crippen molar-refractivity contribution in [3.63, 3.8) is 0 Å². The molecule has 0 radical (unpaired) electrons. The van der Waals surface area contributed by atoms with Gasteiger partial charge in [-0.2, -0.15) is 13.2 Å². The van der Waals surface area contributed by atoms with Gasteiger partial charge < -0.3 is 14.8 Å². The van der Waals surface area contributed by atoms with Gasteiger partial charge in [-0.1, -0.05) is 42.5 Å². The van der Waals surface area contributed by atoms with Crippen LogP contribution in [-0.2, 0) is 26.9 Å². The van der Waals surface area contributed by atoms with Crippen LogP contribution in [-0.4, -0.2) is 23.9 Å². The van der Waals surface area contributed by atoms with Crippen molar-refractivity contribution >= 4 is 28.9 Å². The van der Waals surface area contributed by atoms with Gasteiger partial charge in [0.05, 0.1) is 10.5 Å². The van der Waals surface area contributed by atoms with Gasteiger partial charge in [-0.25, -0.2) is 0 Å². The van der Waals surface area contributed by atoms with E-state index in [1.807, 2.05) is 30.3 Å². The lowest BCUT2D eigenvalue weighted by Crippen LogP contribution is -2.23. The number of hydrogen-bond acceptors (Lipinski definition) is 5. The Balaban J connectivity index is 1.53. The summed E-state index contributed by atoms with van der Waals surface area (Å²) >= 11 is 1.13. The zero-order chi connectivity index (χ0) is 21.8. The molecule has 1 saturated heterocycles. The van der Waals surface area contributed by atoms with Gasteiger partial charge in [-0.05, 0) is 41.1 Å². The summed E-state index contributed by atoms with van der Waals surface area (Å²) in [7, 11) is 0. The van der Waals surface area contributed by atoms with Crippen molar-refractivity contribution in [2.75, 3.05) is 6.79 Å². The Bertz CT molecular complexity index is 1050. The number of nitrogens with one attached hydrogen (secondary N) is 1. The monoisotopic (exact) mass is 446 g/mol. The first-order chi connectivity index (χ1) is 14.9. The van der Waals surface area contributed by atoms with Crippen LogP contribution in [0.2, 0.25) is 0 Å². The Kier molecular flexibility index (Phi) is 6.03. The maximum atomic E-state index is 12.7. The Hall–Kier alpha value is -3.20. The van der Waals surface area contributed by atoms with E-state index in [4.69, 9.17) is 9.47 Å². The number of ether oxygens (including phenoxy) is 2. The molecule has 160 valence electrons. The average Bonchev–Trinajstić information content (AvgIpc) is 3.39. The summed E-state index contributed by atoms with van der Waals surface area (Å²) in [4.78, 5) is 17.3. The fourth-order valence-corrected chi connectivity index (χ4v) is 3.89. The molecule has 1 atom stereocenters. The van der Waals surface area contributed by atoms with Crippen LogP contribution in [0.15, 0.2) is 76.5 Å². The lowest BCUT2D eigenvalue weighted by Gasteiger charge is -2.13. The molecule has 9 heteroatoms. The minimum Gasteiger partial charge on any atom is -0.462 e. The summed E-state index contributed by atoms with van der Waals surface area (Å²) in [5.74, 6) is 0.200. The highest BCUT2D eigenvalue weighted by Crippen LogP contribution is 2.31. The first-order valence-electron chi connectivity index (χ1n) is 9.33. The summed E-state index contributed by atoms with van der Waals surface area (Å²) < 4.78 is 48.8. The van der Waals surface area contributed by atoms with Crippen LogP contribution in [0.3, 0.4) is 0 Å². The second-order valence-electron chi connectivity index (χ2n) is 6.77. The summed E-state index contributed by atoms with van der Waals surface area (Å²) in [5.41, 5.74) is 0.794. The lowest BCUT2D eigenvalue weighted by molar-refractivity contribution is -0.137. The number of nitrogens with zero attached hydrogens (tertiary/aromatic N) is 1. The second kappa shape index (κ2) is 8.89. The smallest absolute Gasteiger partial charge is 0.416 e. The molecule has 1 unspecified atom stereocenters. The van der Waals surface area contributed by atoms with Crippen LogP contribution in [0.4, 0.5) is 13.2 Å². The second-order valence-corrected chi connectivity index (χ2v) is 7.80. The van der Waals surface area contributed by atoms with Crippen molar-refractivity contribution in [2.24, 2.45) is 4.99 Å². The topological polar surface area (TPSA) is 59.9 Å². The molecule has 1 fully saturated rings. The first-order valence-corrected chi connectivity index (χ1v) is 10.1. The Morgan fingerprint density at radius 2 is 1.87 bits per heavy atom. The Morgan fingerprint density at radius 3 is 2.52 bits per heavy atom. The molecule has 5 nitrogen and oxygen atoms in total. The van der Waals surface area contributed by atoms with Gasteiger partial charge in [0.25, 0.3) is 5.91 Å². The minimum atomic E-state index is -4.40. The third kappa shape index (κ3) is 5.29. The normalized spacial score (nSPS) is 19.7. The third-order valence-electron chi connectivity index (χ3n) is 4.55. The summed E-state index contributed by atoms with van der Waals surface area (Å²) in [6.07, 6.45) is -0.811. The number of carbonyl (C=O) groups excluding carboxylic acids is 1. The molecule has 0 aliphatic carbocycles. The van der Waals surface area contributed by atoms with Gasteiger partial charge in [0.2, 0.25) is 6.79 Å². The third-order valence-corrected chi connectivity index (χ3v) is 5.48. The lowest BCUT2D eigenvalue weighted by atomic mass is 10.1. The molecule has 0 spiro atoms. The van der Waals surface area contributed by atoms with Gasteiger partial charge in [-0.3, -0.25) is 9.79 Å². The number of thioether (sulfide) groups is 1. The number of amides is 1. The highest BCUT2D eigenvalue weighted by molar-refractivity contribution is 8.18. The van der Waals surface area contributed by atoms with E-state index in [1.54, 1.807) is 0 Å². The maximum Gasteiger partial charge on any atom is 0.416 e. The van der Waals surface area contributed by atoms with Crippen molar-refractivity contribution in [1.29, 1.82) is 0 Å². The van der Waals surface area contributed by atoms with E-state index in [0.717, 1.165) is 29.5 Å². The molecule has 1 N–H and O–H groups in total. The zero-order valence-electron chi connectivity index (χ0n) is 16.1. The fourth-order valence-electron chi connectivity index (χ4n) is 3.02. The van der Waals surface area contributed by atoms with Gasteiger partial charge in [-0.15, -0.1) is 0 Å². The van der Waals surface area contributed by atoms with Gasteiger partial charge in [0, 0.05) is 6.42 Å². The van der Waals surface area contributed by atoms with Crippen molar-refractivity contribution in [1.82, 2.24) is 5.32 Å². The molecule has 0 aromatic heterocycles. The molecule has 2 aliphatic rings. The SMILES string of the molecule is O=C1NC(=NC(Cc2ccccc2)C2=COCO2)SC1=Cc1ccc(C(F)(F)F)cc1. The number of hydrogen-bond donors (Lipinski definition) is 1. The van der Waals surface area contributed by atoms with Crippen molar-refractivity contribution in [3.8, 4) is 0 Å². The molecular weight excluding hydrogens is 429 g/mol. The summed E-state index contributed by atoms with van der Waals surface area (Å²) in [6.45, 7) is 0.115. The van der Waals surface area contributed by atoms with Crippen molar-refractivity contribution < 1.29 is 27.4 Å². The van der Waals surface area contributed by atoms with Crippen LogP contribution in [0.5, 0.6) is 0 Å². The number of alkyl halides is 3. The molecule has 4 rings (SSSR count). The fraction of sp³-hybridized carbons (Fsp3) is 0.182. The number of aliphatic imine (C=N–C) groups is 1. The minimum absolute atomic E-state index is 0.115. The molecule has 2 aromatic rings. The van der Waals surface area contributed by atoms with Crippen LogP contribution in [0.1, 0.15) is 16.7 Å². The summed E-state index contributed by atoms with van der Waals surface area (Å²) in [6, 6.07) is 13.9. The Morgan fingerprint density at radius 1 is 1.13 bits per heavy atom. The standard InChI is InChI=1S/C22H17F3N2O3S/c23-22(24,25)16-8-6-15(7-9-16)11-19-20(28)27-21(31-19)26-17(18-12-29-13-30-18)10-14-4-2-1-3-5-14/h1-9,11-12,17H,10,13H2,(H,26,27,28). The van der Waals surface area contributed by atoms with Crippen LogP contribution >= 0.6 is 11.8 Å². The van der Waals surface area contributed by atoms with E-state index in [9.17, 15) is 18.0 Å². The Labute approximate surface area is 180 Å². The number of benzene rings is 2. The molecule has 1 amide bonds. The number of amidine groups is 1. The highest BCUT2D eigenvalue weighted by Gasteiger charge is 2.30. The quantitative estimate of drug-likeness (QED) is 0.675. The van der Waals surface area contributed by atoms with Gasteiger partial charge >= 0.3 is 6.18 Å². The van der Waals surface area contributed by atoms with Crippen molar-refractivity contribution in [2.45, 2.75) is 18.6 Å². The molecule has 2 aromatic carbocycles. The predicted octanol–water partition coefficient (Wildman–Crippen LogP) is 4.72. The van der Waals surface area contributed by atoms with Crippen LogP contribution in [0.25, 0.3) is 6.08 Å². The van der Waals surface area contributed by atoms with Crippen LogP contribution in [0, 0.1) is 0 Å². The van der Waals surface area contributed by atoms with E-state index in [1.165, 1.54) is 24.5 Å². The largest absolute Gasteiger partial charge is 0.462 e. The predicted molar refractivity (Wildman–Crippen MR) is 112 cm³/mol. The van der Waals surface area contributed by atoms with E-state index < -0.39 is 17.8 Å². The summed E-state index contributed by atoms with van der Waals surface area (Å²) in [5, 5.41) is 3.09. The highest BCUT2D eigenvalue weighted by atomic mass is 32.2. The zero-order valence-corrected chi connectivity index (χ0v) is 16.9. The van der Waals surface area contributed by atoms with E-state index in [-0.39, 0.29) is 12.7 Å².